The summed E-state index contributed by atoms with van der Waals surface area (Å²) in [6.45, 7) is 3.34. The van der Waals surface area contributed by atoms with E-state index in [1.807, 2.05) is 29.2 Å². The maximum absolute atomic E-state index is 13.8. The van der Waals surface area contributed by atoms with Crippen LogP contribution in [0.2, 0.25) is 0 Å². The van der Waals surface area contributed by atoms with Crippen molar-refractivity contribution in [3.63, 3.8) is 0 Å². The summed E-state index contributed by atoms with van der Waals surface area (Å²) >= 11 is 0. The number of piperazine rings is 1. The summed E-state index contributed by atoms with van der Waals surface area (Å²) in [7, 11) is -2.36. The lowest BCUT2D eigenvalue weighted by atomic mass is 9.86. The molecule has 0 unspecified atom stereocenters. The van der Waals surface area contributed by atoms with Crippen molar-refractivity contribution < 1.29 is 42.0 Å². The number of sulfonamides is 1. The summed E-state index contributed by atoms with van der Waals surface area (Å²) in [5, 5.41) is 9.62. The highest BCUT2D eigenvalue weighted by atomic mass is 32.2. The molecule has 2 atom stereocenters. The molecule has 2 aromatic rings. The van der Waals surface area contributed by atoms with Crippen molar-refractivity contribution in [2.45, 2.75) is 49.8 Å². The molecule has 0 spiro atoms. The highest BCUT2D eigenvalue weighted by Gasteiger charge is 2.36. The van der Waals surface area contributed by atoms with Gasteiger partial charge in [0.1, 0.15) is 5.75 Å². The minimum absolute atomic E-state index is 0.0290. The van der Waals surface area contributed by atoms with Gasteiger partial charge in [-0.1, -0.05) is 18.9 Å². The van der Waals surface area contributed by atoms with Gasteiger partial charge in [0.15, 0.2) is 17.3 Å². The second-order valence-electron chi connectivity index (χ2n) is 12.5. The monoisotopic (exact) mass is 671 g/mol. The van der Waals surface area contributed by atoms with E-state index >= 15 is 0 Å². The zero-order valence-corrected chi connectivity index (χ0v) is 27.7. The molecule has 47 heavy (non-hydrogen) atoms. The third-order valence-electron chi connectivity index (χ3n) is 9.50. The summed E-state index contributed by atoms with van der Waals surface area (Å²) in [4.78, 5) is 18.0. The van der Waals surface area contributed by atoms with Crippen molar-refractivity contribution in [1.29, 1.82) is 0 Å². The van der Waals surface area contributed by atoms with E-state index in [0.29, 0.717) is 36.9 Å². The van der Waals surface area contributed by atoms with Crippen molar-refractivity contribution in [3.05, 3.63) is 59.9 Å². The normalized spacial score (nSPS) is 21.9. The van der Waals surface area contributed by atoms with Crippen LogP contribution in [0, 0.1) is 11.8 Å². The second kappa shape index (κ2) is 15.2. The number of aliphatic hydroxyl groups is 1. The van der Waals surface area contributed by atoms with Gasteiger partial charge in [0, 0.05) is 52.2 Å². The Hall–Kier alpha value is -3.36. The molecule has 3 aliphatic heterocycles. The molecule has 2 fully saturated rings. The van der Waals surface area contributed by atoms with E-state index in [1.54, 1.807) is 12.1 Å². The zero-order chi connectivity index (χ0) is 32.8. The molecule has 6 rings (SSSR count). The van der Waals surface area contributed by atoms with Crippen molar-refractivity contribution >= 4 is 15.9 Å². The van der Waals surface area contributed by atoms with Gasteiger partial charge >= 0.3 is 0 Å². The first kappa shape index (κ1) is 33.5. The second-order valence-corrected chi connectivity index (χ2v) is 14.4. The fourth-order valence-corrected chi connectivity index (χ4v) is 8.28. The molecule has 1 N–H and O–H groups in total. The average Bonchev–Trinajstić information content (AvgIpc) is 3.81. The van der Waals surface area contributed by atoms with Gasteiger partial charge in [-0.2, -0.15) is 4.31 Å². The van der Waals surface area contributed by atoms with Gasteiger partial charge in [-0.3, -0.25) is 9.69 Å². The van der Waals surface area contributed by atoms with E-state index < -0.39 is 16.3 Å². The van der Waals surface area contributed by atoms with Crippen LogP contribution in [-0.4, -0.2) is 106 Å². The molecule has 1 saturated carbocycles. The maximum Gasteiger partial charge on any atom is 0.288 e. The highest BCUT2D eigenvalue weighted by Crippen LogP contribution is 2.39. The maximum atomic E-state index is 13.8. The van der Waals surface area contributed by atoms with E-state index in [-0.39, 0.29) is 49.8 Å². The van der Waals surface area contributed by atoms with Crippen molar-refractivity contribution in [2.24, 2.45) is 11.8 Å². The lowest BCUT2D eigenvalue weighted by Gasteiger charge is -2.37. The Balaban J connectivity index is 1.05. The molecule has 1 saturated heterocycles. The molecule has 4 aliphatic rings. The standard InChI is InChI=1S/C34H45N3O9S/c1-42-28-7-9-29(10-8-28)47(40,41)37(16-18-38)17-19-43-33-22-27(26-4-2-3-5-26)21-32(46-33)34(39)36-14-12-35(13-15-36)23-25-6-11-30-31(20-25)45-24-44-30/h6-11,20-21,26-27,33,38H,2-5,12-19,22-24H2,1H3/t27-,33+/m1/s1. The first-order valence-electron chi connectivity index (χ1n) is 16.5. The first-order valence-corrected chi connectivity index (χ1v) is 17.9. The molecule has 0 radical (unpaired) electrons. The Labute approximate surface area is 276 Å². The van der Waals surface area contributed by atoms with E-state index in [0.717, 1.165) is 49.5 Å². The van der Waals surface area contributed by atoms with Crippen LogP contribution in [0.3, 0.4) is 0 Å². The van der Waals surface area contributed by atoms with Crippen molar-refractivity contribution in [1.82, 2.24) is 14.1 Å². The molecule has 1 amide bonds. The minimum atomic E-state index is -3.87. The summed E-state index contributed by atoms with van der Waals surface area (Å²) in [5.41, 5.74) is 1.14. The zero-order valence-electron chi connectivity index (χ0n) is 26.9. The van der Waals surface area contributed by atoms with Gasteiger partial charge in [-0.05, 0) is 72.7 Å². The summed E-state index contributed by atoms with van der Waals surface area (Å²) in [6.07, 6.45) is 6.51. The van der Waals surface area contributed by atoms with E-state index in [1.165, 1.54) is 36.4 Å². The Morgan fingerprint density at radius 3 is 2.47 bits per heavy atom. The Bertz CT molecular complexity index is 1500. The topological polar surface area (TPSA) is 127 Å². The number of nitrogens with zero attached hydrogens (tertiary/aromatic N) is 3. The molecule has 13 heteroatoms. The van der Waals surface area contributed by atoms with Gasteiger partial charge in [-0.25, -0.2) is 8.42 Å². The van der Waals surface area contributed by atoms with Gasteiger partial charge < -0.3 is 33.7 Å². The number of carbonyl (C=O) groups excluding carboxylic acids is 1. The minimum Gasteiger partial charge on any atom is -0.497 e. The molecule has 2 aromatic carbocycles. The van der Waals surface area contributed by atoms with Gasteiger partial charge in [0.25, 0.3) is 5.91 Å². The van der Waals surface area contributed by atoms with Crippen LogP contribution in [0.25, 0.3) is 0 Å². The van der Waals surface area contributed by atoms with Crippen LogP contribution < -0.4 is 14.2 Å². The van der Waals surface area contributed by atoms with Gasteiger partial charge in [0.05, 0.1) is 25.2 Å². The van der Waals surface area contributed by atoms with Gasteiger partial charge in [0.2, 0.25) is 23.1 Å². The van der Waals surface area contributed by atoms with Crippen LogP contribution in [0.4, 0.5) is 0 Å². The fraction of sp³-hybridized carbons (Fsp3) is 0.559. The number of hydrogen-bond acceptors (Lipinski definition) is 10. The number of fused-ring (bicyclic) bond motifs is 1. The predicted octanol–water partition coefficient (Wildman–Crippen LogP) is 3.20. The number of allylic oxidation sites excluding steroid dienone is 1. The summed E-state index contributed by atoms with van der Waals surface area (Å²) in [5.74, 6) is 2.89. The molecule has 12 nitrogen and oxygen atoms in total. The number of ether oxygens (including phenoxy) is 5. The molecule has 0 bridgehead atoms. The molecule has 0 aromatic heterocycles. The van der Waals surface area contributed by atoms with E-state index in [2.05, 4.69) is 4.90 Å². The number of benzene rings is 2. The number of aliphatic hydroxyl groups excluding tert-OH is 1. The number of rotatable bonds is 13. The predicted molar refractivity (Wildman–Crippen MR) is 172 cm³/mol. The molecule has 256 valence electrons. The van der Waals surface area contributed by atoms with Crippen molar-refractivity contribution in [2.75, 3.05) is 66.4 Å². The van der Waals surface area contributed by atoms with E-state index in [9.17, 15) is 18.3 Å². The average molecular weight is 672 g/mol. The highest BCUT2D eigenvalue weighted by molar-refractivity contribution is 7.89. The first-order chi connectivity index (χ1) is 22.8. The number of hydrogen-bond donors (Lipinski definition) is 1. The van der Waals surface area contributed by atoms with Crippen LogP contribution in [0.5, 0.6) is 17.2 Å². The van der Waals surface area contributed by atoms with Crippen LogP contribution >= 0.6 is 0 Å². The number of carbonyl (C=O) groups is 1. The summed E-state index contributed by atoms with van der Waals surface area (Å²) < 4.78 is 56.3. The molecule has 3 heterocycles. The fourth-order valence-electron chi connectivity index (χ4n) is 6.86. The molecular weight excluding hydrogens is 626 g/mol. The summed E-state index contributed by atoms with van der Waals surface area (Å²) in [6, 6.07) is 12.1. The number of amides is 1. The number of methoxy groups -OCH3 is 1. The molecular formula is C34H45N3O9S. The Morgan fingerprint density at radius 1 is 1.00 bits per heavy atom. The lowest BCUT2D eigenvalue weighted by molar-refractivity contribution is -0.157. The van der Waals surface area contributed by atoms with E-state index in [4.69, 9.17) is 23.7 Å². The van der Waals surface area contributed by atoms with Crippen LogP contribution in [-0.2, 0) is 30.8 Å². The Kier molecular flexibility index (Phi) is 10.9. The Morgan fingerprint density at radius 2 is 1.74 bits per heavy atom. The quantitative estimate of drug-likeness (QED) is 0.339. The molecule has 1 aliphatic carbocycles. The third-order valence-corrected chi connectivity index (χ3v) is 11.4. The SMILES string of the molecule is COc1ccc(S(=O)(=O)N(CCO)CCO[C@@H]2C[C@H](C3CCCC3)C=C(C(=O)N3CCN(Cc4ccc5c(c4)OCO5)CC3)O2)cc1. The van der Waals surface area contributed by atoms with Crippen LogP contribution in [0.15, 0.2) is 59.2 Å². The lowest BCUT2D eigenvalue weighted by Crippen LogP contribution is -2.49. The van der Waals surface area contributed by atoms with Crippen LogP contribution in [0.1, 0.15) is 37.7 Å². The van der Waals surface area contributed by atoms with Crippen molar-refractivity contribution in [3.8, 4) is 17.2 Å². The van der Waals surface area contributed by atoms with Gasteiger partial charge in [-0.15, -0.1) is 0 Å². The third kappa shape index (κ3) is 8.03. The largest absolute Gasteiger partial charge is 0.497 e. The smallest absolute Gasteiger partial charge is 0.288 e.